The summed E-state index contributed by atoms with van der Waals surface area (Å²) in [6.45, 7) is 2.46. The minimum Gasteiger partial charge on any atom is -0.481 e. The summed E-state index contributed by atoms with van der Waals surface area (Å²) in [7, 11) is 3.46. The van der Waals surface area contributed by atoms with Gasteiger partial charge >= 0.3 is 18.2 Å². The summed E-state index contributed by atoms with van der Waals surface area (Å²) in [5, 5.41) is 10.8. The molecule has 0 aromatic heterocycles. The number of carboxylic acid groups (broad SMARTS) is 1. The van der Waals surface area contributed by atoms with E-state index in [9.17, 15) is 31.5 Å². The van der Waals surface area contributed by atoms with Crippen molar-refractivity contribution in [2.45, 2.75) is 46.2 Å². The molecule has 0 aromatic carbocycles. The Labute approximate surface area is 161 Å². The third kappa shape index (κ3) is 6.75. The number of quaternary nitrogens is 1. The van der Waals surface area contributed by atoms with E-state index in [1.807, 2.05) is 0 Å². The first-order valence-electron chi connectivity index (χ1n) is 8.66. The second-order valence-electron chi connectivity index (χ2n) is 8.60. The lowest BCUT2D eigenvalue weighted by Gasteiger charge is -2.44. The number of nitrogens with one attached hydrogen (secondary N) is 1. The average molecular weight is 421 g/mol. The summed E-state index contributed by atoms with van der Waals surface area (Å²) in [6.07, 6.45) is -6.24. The molecule has 0 heterocycles. The van der Waals surface area contributed by atoms with Crippen molar-refractivity contribution in [3.8, 4) is 0 Å². The third-order valence-corrected chi connectivity index (χ3v) is 4.88. The topological polar surface area (TPSA) is 75.6 Å². The molecule has 0 aliphatic heterocycles. The normalized spacial score (nSPS) is 14.0. The number of alkyl carbamates (subject to hydrolysis) is 1. The molecule has 6 nitrogen and oxygen atoms in total. The van der Waals surface area contributed by atoms with Gasteiger partial charge in [0.1, 0.15) is 18.6 Å². The molecule has 0 unspecified atom stereocenters. The number of alkyl halides is 5. The van der Waals surface area contributed by atoms with Crippen LogP contribution in [0, 0.1) is 10.8 Å². The molecular formula is C17H30F5N2O4+. The first kappa shape index (κ1) is 26.4. The standard InChI is InChI=1S/C17H29F5N2O4/c1-14(2,16(18,19)15(3,4)17(20,21)22)11-23-13(27)28-10-9-24(5,6)8-7-12(25)26/h7-11H2,1-6H3,(H-,23,25,26,27)/p+1. The van der Waals surface area contributed by atoms with Gasteiger partial charge < -0.3 is 19.6 Å². The Kier molecular flexibility index (Phi) is 8.27. The van der Waals surface area contributed by atoms with Crippen LogP contribution in [0.25, 0.3) is 0 Å². The molecule has 0 saturated carbocycles. The van der Waals surface area contributed by atoms with Gasteiger partial charge in [0.15, 0.2) is 0 Å². The molecule has 0 fully saturated rings. The van der Waals surface area contributed by atoms with Crippen molar-refractivity contribution in [3.63, 3.8) is 0 Å². The van der Waals surface area contributed by atoms with Crippen molar-refractivity contribution in [2.24, 2.45) is 10.8 Å². The fraction of sp³-hybridized carbons (Fsp3) is 0.882. The highest BCUT2D eigenvalue weighted by atomic mass is 19.4. The van der Waals surface area contributed by atoms with Crippen LogP contribution in [0.2, 0.25) is 0 Å². The summed E-state index contributed by atoms with van der Waals surface area (Å²) in [5.41, 5.74) is -5.48. The second kappa shape index (κ2) is 8.79. The Bertz CT molecular complexity index is 560. The van der Waals surface area contributed by atoms with E-state index >= 15 is 0 Å². The SMILES string of the molecule is CC(C)(CNC(=O)OCC[N+](C)(C)CCC(=O)O)C(F)(F)C(C)(C)C(F)(F)F. The van der Waals surface area contributed by atoms with Gasteiger partial charge in [0, 0.05) is 12.0 Å². The minimum atomic E-state index is -5.13. The molecule has 1 amide bonds. The molecule has 166 valence electrons. The lowest BCUT2D eigenvalue weighted by Crippen LogP contribution is -2.58. The maximum Gasteiger partial charge on any atom is 0.407 e. The zero-order valence-electron chi connectivity index (χ0n) is 17.0. The quantitative estimate of drug-likeness (QED) is 0.418. The lowest BCUT2D eigenvalue weighted by atomic mass is 9.70. The Balaban J connectivity index is 4.71. The van der Waals surface area contributed by atoms with E-state index in [1.165, 1.54) is 0 Å². The number of ether oxygens (including phenoxy) is 1. The predicted octanol–water partition coefficient (Wildman–Crippen LogP) is 3.51. The van der Waals surface area contributed by atoms with E-state index in [0.717, 1.165) is 13.8 Å². The van der Waals surface area contributed by atoms with E-state index in [2.05, 4.69) is 5.32 Å². The minimum absolute atomic E-state index is 0.0720. The molecule has 28 heavy (non-hydrogen) atoms. The van der Waals surface area contributed by atoms with Crippen molar-refractivity contribution >= 4 is 12.1 Å². The number of hydrogen-bond acceptors (Lipinski definition) is 3. The van der Waals surface area contributed by atoms with Gasteiger partial charge in [0.25, 0.3) is 5.92 Å². The van der Waals surface area contributed by atoms with Gasteiger partial charge in [-0.1, -0.05) is 13.8 Å². The molecule has 0 bridgehead atoms. The van der Waals surface area contributed by atoms with Gasteiger partial charge in [-0.15, -0.1) is 0 Å². The van der Waals surface area contributed by atoms with Crippen LogP contribution in [0.4, 0.5) is 26.7 Å². The van der Waals surface area contributed by atoms with Gasteiger partial charge in [-0.3, -0.25) is 4.79 Å². The fourth-order valence-corrected chi connectivity index (χ4v) is 2.37. The van der Waals surface area contributed by atoms with Crippen LogP contribution in [0.15, 0.2) is 0 Å². The zero-order valence-corrected chi connectivity index (χ0v) is 17.0. The van der Waals surface area contributed by atoms with Crippen LogP contribution in [-0.4, -0.2) is 74.1 Å². The molecule has 0 atom stereocenters. The van der Waals surface area contributed by atoms with E-state index in [-0.39, 0.29) is 24.1 Å². The van der Waals surface area contributed by atoms with E-state index in [4.69, 9.17) is 9.84 Å². The fourth-order valence-electron chi connectivity index (χ4n) is 2.37. The summed E-state index contributed by atoms with van der Waals surface area (Å²) in [5.74, 6) is -5.13. The molecule has 0 radical (unpaired) electrons. The number of amides is 1. The largest absolute Gasteiger partial charge is 0.481 e. The first-order valence-corrected chi connectivity index (χ1v) is 8.66. The molecule has 0 saturated heterocycles. The van der Waals surface area contributed by atoms with E-state index in [1.54, 1.807) is 14.1 Å². The van der Waals surface area contributed by atoms with Crippen LogP contribution in [0.3, 0.4) is 0 Å². The molecular weight excluding hydrogens is 391 g/mol. The van der Waals surface area contributed by atoms with Crippen LogP contribution < -0.4 is 5.32 Å². The van der Waals surface area contributed by atoms with Crippen molar-refractivity contribution in [3.05, 3.63) is 0 Å². The number of carbonyl (C=O) groups is 2. The second-order valence-corrected chi connectivity index (χ2v) is 8.60. The van der Waals surface area contributed by atoms with Gasteiger partial charge in [0.2, 0.25) is 0 Å². The lowest BCUT2D eigenvalue weighted by molar-refractivity contribution is -0.889. The number of rotatable bonds is 10. The van der Waals surface area contributed by atoms with Gasteiger partial charge in [-0.2, -0.15) is 13.2 Å². The third-order valence-electron chi connectivity index (χ3n) is 4.88. The zero-order chi connectivity index (χ0) is 22.6. The van der Waals surface area contributed by atoms with E-state index in [0.29, 0.717) is 20.4 Å². The van der Waals surface area contributed by atoms with Crippen LogP contribution in [0.5, 0.6) is 0 Å². The summed E-state index contributed by atoms with van der Waals surface area (Å²) < 4.78 is 73.2. The van der Waals surface area contributed by atoms with Crippen LogP contribution >= 0.6 is 0 Å². The Hall–Kier alpha value is -1.65. The summed E-state index contributed by atoms with van der Waals surface area (Å²) in [4.78, 5) is 22.3. The molecule has 0 aliphatic carbocycles. The van der Waals surface area contributed by atoms with Crippen molar-refractivity contribution < 1.29 is 45.9 Å². The highest BCUT2D eigenvalue weighted by Crippen LogP contribution is 2.55. The number of nitrogens with zero attached hydrogens (tertiary/aromatic N) is 1. The van der Waals surface area contributed by atoms with Crippen molar-refractivity contribution in [1.29, 1.82) is 0 Å². The highest BCUT2D eigenvalue weighted by molar-refractivity contribution is 5.67. The van der Waals surface area contributed by atoms with Gasteiger partial charge in [0.05, 0.1) is 27.1 Å². The average Bonchev–Trinajstić information content (AvgIpc) is 2.49. The number of hydrogen-bond donors (Lipinski definition) is 2. The summed E-state index contributed by atoms with van der Waals surface area (Å²) in [6, 6.07) is 0. The Morgan fingerprint density at radius 1 is 1.00 bits per heavy atom. The summed E-state index contributed by atoms with van der Waals surface area (Å²) >= 11 is 0. The first-order chi connectivity index (χ1) is 12.3. The van der Waals surface area contributed by atoms with Crippen molar-refractivity contribution in [2.75, 3.05) is 40.3 Å². The number of aliphatic carboxylic acids is 1. The van der Waals surface area contributed by atoms with Crippen LogP contribution in [0.1, 0.15) is 34.1 Å². The number of likely N-dealkylation sites (N-methyl/N-ethyl adjacent to an activating group) is 1. The molecule has 11 heteroatoms. The molecule has 2 N–H and O–H groups in total. The number of carbonyl (C=O) groups excluding carboxylic acids is 1. The molecule has 0 rings (SSSR count). The number of halogens is 5. The molecule has 0 spiro atoms. The van der Waals surface area contributed by atoms with Crippen LogP contribution in [-0.2, 0) is 9.53 Å². The monoisotopic (exact) mass is 421 g/mol. The smallest absolute Gasteiger partial charge is 0.407 e. The molecule has 0 aromatic rings. The van der Waals surface area contributed by atoms with Gasteiger partial charge in [-0.25, -0.2) is 13.6 Å². The highest BCUT2D eigenvalue weighted by Gasteiger charge is 2.68. The maximum atomic E-state index is 14.5. The Morgan fingerprint density at radius 3 is 1.93 bits per heavy atom. The Morgan fingerprint density at radius 2 is 1.50 bits per heavy atom. The predicted molar refractivity (Wildman–Crippen MR) is 92.0 cm³/mol. The maximum absolute atomic E-state index is 14.5. The van der Waals surface area contributed by atoms with E-state index < -0.39 is 41.5 Å². The van der Waals surface area contributed by atoms with Gasteiger partial charge in [-0.05, 0) is 13.8 Å². The number of carboxylic acids is 1. The van der Waals surface area contributed by atoms with Crippen molar-refractivity contribution in [1.82, 2.24) is 5.32 Å². The molecule has 0 aliphatic rings.